The summed E-state index contributed by atoms with van der Waals surface area (Å²) in [5.41, 5.74) is 6.56. The number of aromatic nitrogens is 4. The molecule has 0 spiro atoms. The van der Waals surface area contributed by atoms with Gasteiger partial charge in [0.25, 0.3) is 0 Å². The molecular formula is C10H13N5O. The summed E-state index contributed by atoms with van der Waals surface area (Å²) in [7, 11) is 1.71. The third-order valence-electron chi connectivity index (χ3n) is 2.10. The molecular weight excluding hydrogens is 206 g/mol. The molecule has 6 heteroatoms. The molecule has 1 aromatic heterocycles. The Hall–Kier alpha value is -1.95. The SMILES string of the molecule is Cn1nnc(COc2ccccc2CN)n1. The molecule has 0 fully saturated rings. The lowest BCUT2D eigenvalue weighted by molar-refractivity contribution is 0.292. The summed E-state index contributed by atoms with van der Waals surface area (Å²) in [6.07, 6.45) is 0. The Morgan fingerprint density at radius 2 is 2.19 bits per heavy atom. The summed E-state index contributed by atoms with van der Waals surface area (Å²) in [5, 5.41) is 11.6. The van der Waals surface area contributed by atoms with Gasteiger partial charge in [0.1, 0.15) is 5.75 Å². The average molecular weight is 219 g/mol. The maximum atomic E-state index is 5.60. The largest absolute Gasteiger partial charge is 0.485 e. The van der Waals surface area contributed by atoms with E-state index in [4.69, 9.17) is 10.5 Å². The van der Waals surface area contributed by atoms with Gasteiger partial charge < -0.3 is 10.5 Å². The summed E-state index contributed by atoms with van der Waals surface area (Å²) in [6.45, 7) is 0.745. The van der Waals surface area contributed by atoms with Crippen LogP contribution in [-0.2, 0) is 20.2 Å². The molecule has 0 aliphatic carbocycles. The van der Waals surface area contributed by atoms with Crippen LogP contribution in [0.1, 0.15) is 11.4 Å². The van der Waals surface area contributed by atoms with Gasteiger partial charge in [0.2, 0.25) is 5.82 Å². The molecule has 16 heavy (non-hydrogen) atoms. The van der Waals surface area contributed by atoms with Gasteiger partial charge in [0, 0.05) is 12.1 Å². The van der Waals surface area contributed by atoms with E-state index in [2.05, 4.69) is 15.4 Å². The molecule has 0 unspecified atom stereocenters. The molecule has 0 atom stereocenters. The molecule has 0 aliphatic heterocycles. The van der Waals surface area contributed by atoms with Gasteiger partial charge in [0.15, 0.2) is 6.61 Å². The lowest BCUT2D eigenvalue weighted by Crippen LogP contribution is -2.03. The predicted molar refractivity (Wildman–Crippen MR) is 57.5 cm³/mol. The van der Waals surface area contributed by atoms with Crippen LogP contribution in [0.25, 0.3) is 0 Å². The summed E-state index contributed by atoms with van der Waals surface area (Å²) in [6, 6.07) is 7.63. The zero-order valence-corrected chi connectivity index (χ0v) is 9.00. The van der Waals surface area contributed by atoms with Crippen LogP contribution in [0.4, 0.5) is 0 Å². The second kappa shape index (κ2) is 4.71. The summed E-state index contributed by atoms with van der Waals surface area (Å²) < 4.78 is 5.57. The van der Waals surface area contributed by atoms with Crippen LogP contribution in [0.3, 0.4) is 0 Å². The Morgan fingerprint density at radius 1 is 1.38 bits per heavy atom. The van der Waals surface area contributed by atoms with Gasteiger partial charge in [-0.1, -0.05) is 18.2 Å². The van der Waals surface area contributed by atoms with Crippen molar-refractivity contribution < 1.29 is 4.74 Å². The second-order valence-corrected chi connectivity index (χ2v) is 3.30. The van der Waals surface area contributed by atoms with E-state index < -0.39 is 0 Å². The quantitative estimate of drug-likeness (QED) is 0.797. The van der Waals surface area contributed by atoms with Crippen molar-refractivity contribution in [1.82, 2.24) is 20.2 Å². The predicted octanol–water partition coefficient (Wildman–Crippen LogP) is 0.248. The van der Waals surface area contributed by atoms with E-state index in [9.17, 15) is 0 Å². The highest BCUT2D eigenvalue weighted by atomic mass is 16.5. The molecule has 1 heterocycles. The van der Waals surface area contributed by atoms with Crippen LogP contribution in [-0.4, -0.2) is 20.2 Å². The van der Waals surface area contributed by atoms with Crippen molar-refractivity contribution in [2.75, 3.05) is 0 Å². The molecule has 0 aliphatic rings. The maximum Gasteiger partial charge on any atom is 0.212 e. The fourth-order valence-corrected chi connectivity index (χ4v) is 1.34. The molecule has 84 valence electrons. The second-order valence-electron chi connectivity index (χ2n) is 3.30. The molecule has 0 saturated carbocycles. The molecule has 0 amide bonds. The first-order valence-electron chi connectivity index (χ1n) is 4.93. The number of ether oxygens (including phenoxy) is 1. The van der Waals surface area contributed by atoms with E-state index in [-0.39, 0.29) is 0 Å². The molecule has 2 aromatic rings. The maximum absolute atomic E-state index is 5.60. The van der Waals surface area contributed by atoms with Crippen molar-refractivity contribution in [2.24, 2.45) is 12.8 Å². The molecule has 2 N–H and O–H groups in total. The molecule has 2 rings (SSSR count). The first-order chi connectivity index (χ1) is 7.79. The topological polar surface area (TPSA) is 78.8 Å². The zero-order valence-electron chi connectivity index (χ0n) is 9.00. The van der Waals surface area contributed by atoms with Crippen LogP contribution >= 0.6 is 0 Å². The number of nitrogens with two attached hydrogens (primary N) is 1. The normalized spacial score (nSPS) is 10.4. The van der Waals surface area contributed by atoms with E-state index >= 15 is 0 Å². The molecule has 0 saturated heterocycles. The average Bonchev–Trinajstić information content (AvgIpc) is 2.73. The number of hydrogen-bond acceptors (Lipinski definition) is 5. The van der Waals surface area contributed by atoms with Crippen LogP contribution in [0.2, 0.25) is 0 Å². The standard InChI is InChI=1S/C10H13N5O/c1-15-13-10(12-14-15)7-16-9-5-3-2-4-8(9)6-11/h2-5H,6-7,11H2,1H3. The Labute approximate surface area is 93.0 Å². The van der Waals surface area contributed by atoms with E-state index in [1.807, 2.05) is 24.3 Å². The van der Waals surface area contributed by atoms with Crippen molar-refractivity contribution >= 4 is 0 Å². The number of para-hydroxylation sites is 1. The molecule has 0 bridgehead atoms. The highest BCUT2D eigenvalue weighted by Crippen LogP contribution is 2.17. The van der Waals surface area contributed by atoms with Crippen LogP contribution in [0, 0.1) is 0 Å². The van der Waals surface area contributed by atoms with Gasteiger partial charge >= 0.3 is 0 Å². The van der Waals surface area contributed by atoms with Crippen LogP contribution in [0.5, 0.6) is 5.75 Å². The highest BCUT2D eigenvalue weighted by Gasteiger charge is 2.04. The first-order valence-corrected chi connectivity index (χ1v) is 4.93. The monoisotopic (exact) mass is 219 g/mol. The van der Waals surface area contributed by atoms with E-state index in [0.717, 1.165) is 11.3 Å². The number of hydrogen-bond donors (Lipinski definition) is 1. The number of rotatable bonds is 4. The van der Waals surface area contributed by atoms with Crippen molar-refractivity contribution in [3.05, 3.63) is 35.7 Å². The molecule has 6 nitrogen and oxygen atoms in total. The van der Waals surface area contributed by atoms with Crippen LogP contribution < -0.4 is 10.5 Å². The lowest BCUT2D eigenvalue weighted by Gasteiger charge is -2.07. The minimum absolute atomic E-state index is 0.296. The summed E-state index contributed by atoms with van der Waals surface area (Å²) in [4.78, 5) is 1.40. The minimum atomic E-state index is 0.296. The van der Waals surface area contributed by atoms with Gasteiger partial charge in [-0.3, -0.25) is 0 Å². The number of benzene rings is 1. The Morgan fingerprint density at radius 3 is 2.88 bits per heavy atom. The van der Waals surface area contributed by atoms with Crippen molar-refractivity contribution in [3.8, 4) is 5.75 Å². The fourth-order valence-electron chi connectivity index (χ4n) is 1.34. The fraction of sp³-hybridized carbons (Fsp3) is 0.300. The number of tetrazole rings is 1. The summed E-state index contributed by atoms with van der Waals surface area (Å²) >= 11 is 0. The Kier molecular flexibility index (Phi) is 3.11. The number of nitrogens with zero attached hydrogens (tertiary/aromatic N) is 4. The number of aryl methyl sites for hydroxylation is 1. The Bertz CT molecular complexity index is 468. The first kappa shape index (κ1) is 10.6. The van der Waals surface area contributed by atoms with Crippen molar-refractivity contribution in [3.63, 3.8) is 0 Å². The third kappa shape index (κ3) is 2.34. The zero-order chi connectivity index (χ0) is 11.4. The van der Waals surface area contributed by atoms with Crippen LogP contribution in [0.15, 0.2) is 24.3 Å². The molecule has 0 radical (unpaired) electrons. The van der Waals surface area contributed by atoms with E-state index in [1.54, 1.807) is 7.05 Å². The van der Waals surface area contributed by atoms with E-state index in [1.165, 1.54) is 4.80 Å². The van der Waals surface area contributed by atoms with Gasteiger partial charge in [0.05, 0.1) is 7.05 Å². The molecule has 1 aromatic carbocycles. The van der Waals surface area contributed by atoms with Gasteiger partial charge in [-0.2, -0.15) is 4.80 Å². The van der Waals surface area contributed by atoms with Gasteiger partial charge in [-0.15, -0.1) is 10.2 Å². The van der Waals surface area contributed by atoms with Gasteiger partial charge in [-0.05, 0) is 11.3 Å². The van der Waals surface area contributed by atoms with Crippen molar-refractivity contribution in [2.45, 2.75) is 13.2 Å². The van der Waals surface area contributed by atoms with E-state index in [0.29, 0.717) is 19.0 Å². The smallest absolute Gasteiger partial charge is 0.212 e. The van der Waals surface area contributed by atoms with Gasteiger partial charge in [-0.25, -0.2) is 0 Å². The highest BCUT2D eigenvalue weighted by molar-refractivity contribution is 5.32. The third-order valence-corrected chi connectivity index (χ3v) is 2.10. The lowest BCUT2D eigenvalue weighted by atomic mass is 10.2. The minimum Gasteiger partial charge on any atom is -0.485 e. The Balaban J connectivity index is 2.04. The summed E-state index contributed by atoms with van der Waals surface area (Å²) in [5.74, 6) is 1.31. The van der Waals surface area contributed by atoms with Crippen molar-refractivity contribution in [1.29, 1.82) is 0 Å².